The number of carbonyl (C=O) groups is 1. The van der Waals surface area contributed by atoms with Crippen LogP contribution in [0.1, 0.15) is 19.4 Å². The number of nitrogens with two attached hydrogens (primary N) is 1. The Morgan fingerprint density at radius 2 is 2.32 bits per heavy atom. The lowest BCUT2D eigenvalue weighted by molar-refractivity contribution is -0.146. The molecule has 5 nitrogen and oxygen atoms in total. The zero-order valence-electron chi connectivity index (χ0n) is 10.7. The van der Waals surface area contributed by atoms with Crippen LogP contribution in [0.5, 0.6) is 0 Å². The maximum Gasteiger partial charge on any atom is 0.330 e. The molecule has 0 spiro atoms. The molecule has 1 unspecified atom stereocenters. The van der Waals surface area contributed by atoms with Gasteiger partial charge >= 0.3 is 5.97 Å². The van der Waals surface area contributed by atoms with Crippen molar-refractivity contribution in [1.82, 2.24) is 9.55 Å². The number of carbonyl (C=O) groups excluding carboxylic acids is 1. The predicted octanol–water partition coefficient (Wildman–Crippen LogP) is 1.75. The number of esters is 1. The smallest absolute Gasteiger partial charge is 0.330 e. The molecule has 2 N–H and O–H groups in total. The van der Waals surface area contributed by atoms with Crippen LogP contribution in [0.3, 0.4) is 0 Å². The highest BCUT2D eigenvalue weighted by Crippen LogP contribution is 2.25. The van der Waals surface area contributed by atoms with E-state index < -0.39 is 12.0 Å². The Morgan fingerprint density at radius 3 is 3.00 bits per heavy atom. The summed E-state index contributed by atoms with van der Waals surface area (Å²) in [7, 11) is 0. The summed E-state index contributed by atoms with van der Waals surface area (Å²) in [5, 5.41) is 0. The molecule has 0 fully saturated rings. The van der Waals surface area contributed by atoms with Crippen molar-refractivity contribution in [2.75, 3.05) is 12.3 Å². The Hall–Kier alpha value is -2.48. The number of benzene rings is 1. The van der Waals surface area contributed by atoms with Crippen LogP contribution in [0.2, 0.25) is 0 Å². The lowest BCUT2D eigenvalue weighted by atomic mass is 10.2. The van der Waals surface area contributed by atoms with Gasteiger partial charge in [-0.25, -0.2) is 9.78 Å². The van der Waals surface area contributed by atoms with E-state index in [0.29, 0.717) is 12.4 Å². The number of para-hydroxylation sites is 2. The summed E-state index contributed by atoms with van der Waals surface area (Å²) in [5.74, 6) is 2.18. The molecule has 5 heteroatoms. The summed E-state index contributed by atoms with van der Waals surface area (Å²) >= 11 is 0. The maximum absolute atomic E-state index is 12.0. The van der Waals surface area contributed by atoms with Crippen LogP contribution in [0.4, 0.5) is 5.95 Å². The highest BCUT2D eigenvalue weighted by Gasteiger charge is 2.24. The first-order valence-electron chi connectivity index (χ1n) is 6.01. The number of rotatable bonds is 4. The van der Waals surface area contributed by atoms with Crippen molar-refractivity contribution in [3.05, 3.63) is 24.3 Å². The summed E-state index contributed by atoms with van der Waals surface area (Å²) in [5.41, 5.74) is 7.46. The largest absolute Gasteiger partial charge is 0.451 e. The molecular weight excluding hydrogens is 242 g/mol. The van der Waals surface area contributed by atoms with Crippen LogP contribution in [-0.4, -0.2) is 22.1 Å². The van der Waals surface area contributed by atoms with Gasteiger partial charge in [0.05, 0.1) is 11.0 Å². The minimum absolute atomic E-state index is 0.0398. The number of ether oxygens (including phenoxy) is 1. The van der Waals surface area contributed by atoms with Gasteiger partial charge in [-0.05, 0) is 18.6 Å². The van der Waals surface area contributed by atoms with Crippen molar-refractivity contribution in [2.24, 2.45) is 0 Å². The zero-order chi connectivity index (χ0) is 13.8. The number of fused-ring (bicyclic) bond motifs is 1. The molecule has 2 rings (SSSR count). The first-order valence-corrected chi connectivity index (χ1v) is 6.01. The van der Waals surface area contributed by atoms with Crippen LogP contribution >= 0.6 is 0 Å². The zero-order valence-corrected chi connectivity index (χ0v) is 10.7. The predicted molar refractivity (Wildman–Crippen MR) is 73.3 cm³/mol. The average Bonchev–Trinajstić information content (AvgIpc) is 2.74. The first kappa shape index (κ1) is 13.0. The molecule has 0 aliphatic rings. The highest BCUT2D eigenvalue weighted by molar-refractivity contribution is 5.83. The standard InChI is InChI=1S/C14H15N3O2/c1-3-9-19-13(18)11(4-2)17-12-8-6-5-7-10(12)16-14(17)15/h1,5-8,11H,4,9H2,2H3,(H2,15,16). The molecule has 98 valence electrons. The van der Waals surface area contributed by atoms with Gasteiger partial charge in [0.15, 0.2) is 6.61 Å². The first-order chi connectivity index (χ1) is 9.19. The quantitative estimate of drug-likeness (QED) is 0.669. The highest BCUT2D eigenvalue weighted by atomic mass is 16.5. The molecule has 1 heterocycles. The summed E-state index contributed by atoms with van der Waals surface area (Å²) in [6.07, 6.45) is 5.64. The van der Waals surface area contributed by atoms with E-state index in [2.05, 4.69) is 10.9 Å². The van der Waals surface area contributed by atoms with E-state index in [-0.39, 0.29) is 6.61 Å². The molecule has 1 atom stereocenters. The molecule has 0 amide bonds. The molecule has 2 aromatic rings. The second-order valence-corrected chi connectivity index (χ2v) is 4.06. The molecule has 0 aliphatic heterocycles. The fourth-order valence-corrected chi connectivity index (χ4v) is 2.05. The minimum atomic E-state index is -0.513. The third-order valence-corrected chi connectivity index (χ3v) is 2.89. The van der Waals surface area contributed by atoms with E-state index in [1.165, 1.54) is 0 Å². The van der Waals surface area contributed by atoms with E-state index >= 15 is 0 Å². The van der Waals surface area contributed by atoms with Crippen LogP contribution in [0, 0.1) is 12.3 Å². The van der Waals surface area contributed by atoms with Gasteiger partial charge < -0.3 is 10.5 Å². The molecule has 1 aromatic heterocycles. The fraction of sp³-hybridized carbons (Fsp3) is 0.286. The van der Waals surface area contributed by atoms with Gasteiger partial charge in [0.2, 0.25) is 5.95 Å². The van der Waals surface area contributed by atoms with Crippen molar-refractivity contribution in [1.29, 1.82) is 0 Å². The topological polar surface area (TPSA) is 70.1 Å². The molecule has 0 saturated carbocycles. The number of terminal acetylenes is 1. The molecular formula is C14H15N3O2. The Balaban J connectivity index is 2.43. The molecule has 0 bridgehead atoms. The Labute approximate surface area is 111 Å². The van der Waals surface area contributed by atoms with Crippen molar-refractivity contribution in [3.8, 4) is 12.3 Å². The SMILES string of the molecule is C#CCOC(=O)C(CC)n1c(N)nc2ccccc21. The van der Waals surface area contributed by atoms with Crippen LogP contribution in [0.15, 0.2) is 24.3 Å². The molecule has 1 aromatic carbocycles. The van der Waals surface area contributed by atoms with Crippen LogP contribution in [-0.2, 0) is 9.53 Å². The third kappa shape index (κ3) is 2.38. The molecule has 0 radical (unpaired) electrons. The number of nitrogen functional groups attached to an aromatic ring is 1. The second-order valence-electron chi connectivity index (χ2n) is 4.06. The molecule has 19 heavy (non-hydrogen) atoms. The summed E-state index contributed by atoms with van der Waals surface area (Å²) in [6, 6.07) is 6.95. The minimum Gasteiger partial charge on any atom is -0.451 e. The number of imidazole rings is 1. The summed E-state index contributed by atoms with van der Waals surface area (Å²) < 4.78 is 6.68. The van der Waals surface area contributed by atoms with E-state index in [1.807, 2.05) is 31.2 Å². The molecule has 0 aliphatic carbocycles. The van der Waals surface area contributed by atoms with E-state index in [9.17, 15) is 4.79 Å². The monoisotopic (exact) mass is 257 g/mol. The summed E-state index contributed by atoms with van der Waals surface area (Å²) in [4.78, 5) is 16.2. The average molecular weight is 257 g/mol. The third-order valence-electron chi connectivity index (χ3n) is 2.89. The van der Waals surface area contributed by atoms with Gasteiger partial charge in [0.25, 0.3) is 0 Å². The number of anilines is 1. The fourth-order valence-electron chi connectivity index (χ4n) is 2.05. The van der Waals surface area contributed by atoms with Gasteiger partial charge in [-0.1, -0.05) is 25.0 Å². The van der Waals surface area contributed by atoms with Crippen LogP contribution < -0.4 is 5.73 Å². The Morgan fingerprint density at radius 1 is 1.58 bits per heavy atom. The number of hydrogen-bond acceptors (Lipinski definition) is 4. The van der Waals surface area contributed by atoms with E-state index in [1.54, 1.807) is 4.57 Å². The van der Waals surface area contributed by atoms with Crippen molar-refractivity contribution in [3.63, 3.8) is 0 Å². The second kappa shape index (κ2) is 5.44. The van der Waals surface area contributed by atoms with Crippen molar-refractivity contribution < 1.29 is 9.53 Å². The number of aromatic nitrogens is 2. The normalized spacial score (nSPS) is 12.0. The van der Waals surface area contributed by atoms with Gasteiger partial charge in [-0.2, -0.15) is 0 Å². The van der Waals surface area contributed by atoms with Crippen molar-refractivity contribution in [2.45, 2.75) is 19.4 Å². The van der Waals surface area contributed by atoms with Crippen LogP contribution in [0.25, 0.3) is 11.0 Å². The van der Waals surface area contributed by atoms with Gasteiger partial charge in [0, 0.05) is 0 Å². The Bertz CT molecular complexity index is 640. The summed E-state index contributed by atoms with van der Waals surface area (Å²) in [6.45, 7) is 1.85. The van der Waals surface area contributed by atoms with Gasteiger partial charge in [-0.15, -0.1) is 6.42 Å². The van der Waals surface area contributed by atoms with E-state index in [4.69, 9.17) is 16.9 Å². The number of nitrogens with zero attached hydrogens (tertiary/aromatic N) is 2. The lowest BCUT2D eigenvalue weighted by Gasteiger charge is -2.17. The van der Waals surface area contributed by atoms with Gasteiger partial charge in [0.1, 0.15) is 6.04 Å². The van der Waals surface area contributed by atoms with Gasteiger partial charge in [-0.3, -0.25) is 4.57 Å². The maximum atomic E-state index is 12.0. The molecule has 0 saturated heterocycles. The lowest BCUT2D eigenvalue weighted by Crippen LogP contribution is -2.22. The van der Waals surface area contributed by atoms with Crippen molar-refractivity contribution >= 4 is 23.0 Å². The van der Waals surface area contributed by atoms with E-state index in [0.717, 1.165) is 11.0 Å². The number of hydrogen-bond donors (Lipinski definition) is 1. The Kier molecular flexibility index (Phi) is 3.71.